The number of hydrogen-bond donors (Lipinski definition) is 1. The molecule has 1 aromatic rings. The van der Waals surface area contributed by atoms with Gasteiger partial charge in [0.05, 0.1) is 11.6 Å². The molecule has 1 N–H and O–H groups in total. The van der Waals surface area contributed by atoms with Crippen molar-refractivity contribution < 1.29 is 9.53 Å². The minimum absolute atomic E-state index is 0.186. The highest BCUT2D eigenvalue weighted by molar-refractivity contribution is 7.99. The average molecular weight is 317 g/mol. The predicted molar refractivity (Wildman–Crippen MR) is 83.3 cm³/mol. The van der Waals surface area contributed by atoms with Crippen LogP contribution in [0.2, 0.25) is 5.02 Å². The molecule has 0 aliphatic rings. The number of ether oxygens (including phenoxy) is 1. The number of rotatable bonds is 9. The van der Waals surface area contributed by atoms with E-state index in [0.717, 1.165) is 23.7 Å². The third-order valence-corrected chi connectivity index (χ3v) is 4.04. The molecule has 1 aromatic heterocycles. The standard InChI is InChI=1S/C14H21ClN2O2S/c1-3-8-16-12(14(18)19-4-2)7-10-20-13-11(15)6-5-9-17-13/h5-6,9,12,16H,3-4,7-8,10H2,1-2H3. The summed E-state index contributed by atoms with van der Waals surface area (Å²) in [6.45, 7) is 5.09. The third-order valence-electron chi connectivity index (χ3n) is 2.58. The quantitative estimate of drug-likeness (QED) is 0.560. The van der Waals surface area contributed by atoms with Gasteiger partial charge in [0.1, 0.15) is 11.1 Å². The van der Waals surface area contributed by atoms with Crippen molar-refractivity contribution in [1.29, 1.82) is 0 Å². The van der Waals surface area contributed by atoms with Crippen LogP contribution in [0.3, 0.4) is 0 Å². The first-order chi connectivity index (χ1) is 9.69. The smallest absolute Gasteiger partial charge is 0.323 e. The fourth-order valence-corrected chi connectivity index (χ4v) is 2.79. The highest BCUT2D eigenvalue weighted by atomic mass is 35.5. The van der Waals surface area contributed by atoms with Gasteiger partial charge in [0, 0.05) is 11.9 Å². The molecule has 0 amide bonds. The van der Waals surface area contributed by atoms with Crippen LogP contribution in [0.25, 0.3) is 0 Å². The van der Waals surface area contributed by atoms with Crippen LogP contribution in [-0.2, 0) is 9.53 Å². The van der Waals surface area contributed by atoms with Gasteiger partial charge in [-0.25, -0.2) is 4.98 Å². The van der Waals surface area contributed by atoms with Crippen molar-refractivity contribution in [2.75, 3.05) is 18.9 Å². The van der Waals surface area contributed by atoms with E-state index >= 15 is 0 Å². The molecule has 0 spiro atoms. The first-order valence-electron chi connectivity index (χ1n) is 6.82. The Hall–Kier alpha value is -0.780. The van der Waals surface area contributed by atoms with Crippen molar-refractivity contribution in [2.24, 2.45) is 0 Å². The maximum Gasteiger partial charge on any atom is 0.323 e. The molecule has 0 aromatic carbocycles. The zero-order valence-electron chi connectivity index (χ0n) is 11.9. The largest absolute Gasteiger partial charge is 0.465 e. The molecule has 1 unspecified atom stereocenters. The summed E-state index contributed by atoms with van der Waals surface area (Å²) in [5.41, 5.74) is 0. The SMILES string of the molecule is CCCNC(CCSc1ncccc1Cl)C(=O)OCC. The zero-order valence-corrected chi connectivity index (χ0v) is 13.5. The molecule has 0 saturated heterocycles. The number of esters is 1. The van der Waals surface area contributed by atoms with Crippen LogP contribution >= 0.6 is 23.4 Å². The molecule has 0 radical (unpaired) electrons. The van der Waals surface area contributed by atoms with E-state index in [1.165, 1.54) is 0 Å². The molecule has 6 heteroatoms. The van der Waals surface area contributed by atoms with E-state index in [4.69, 9.17) is 16.3 Å². The molecular weight excluding hydrogens is 296 g/mol. The van der Waals surface area contributed by atoms with Crippen LogP contribution in [0, 0.1) is 0 Å². The summed E-state index contributed by atoms with van der Waals surface area (Å²) in [5, 5.41) is 4.66. The van der Waals surface area contributed by atoms with Gasteiger partial charge in [-0.05, 0) is 38.4 Å². The van der Waals surface area contributed by atoms with Crippen molar-refractivity contribution in [1.82, 2.24) is 10.3 Å². The Morgan fingerprint density at radius 1 is 1.55 bits per heavy atom. The lowest BCUT2D eigenvalue weighted by atomic mass is 10.2. The second-order valence-corrected chi connectivity index (χ2v) is 5.68. The highest BCUT2D eigenvalue weighted by Gasteiger charge is 2.18. The molecule has 0 bridgehead atoms. The van der Waals surface area contributed by atoms with Gasteiger partial charge in [-0.15, -0.1) is 11.8 Å². The highest BCUT2D eigenvalue weighted by Crippen LogP contribution is 2.24. The molecule has 4 nitrogen and oxygen atoms in total. The lowest BCUT2D eigenvalue weighted by molar-refractivity contribution is -0.145. The number of nitrogens with one attached hydrogen (secondary N) is 1. The van der Waals surface area contributed by atoms with Crippen LogP contribution in [0.15, 0.2) is 23.4 Å². The summed E-state index contributed by atoms with van der Waals surface area (Å²) in [7, 11) is 0. The minimum Gasteiger partial charge on any atom is -0.465 e. The Morgan fingerprint density at radius 3 is 3.00 bits per heavy atom. The normalized spacial score (nSPS) is 12.2. The van der Waals surface area contributed by atoms with Crippen LogP contribution in [0.5, 0.6) is 0 Å². The second kappa shape index (κ2) is 10.0. The van der Waals surface area contributed by atoms with Crippen molar-refractivity contribution in [3.63, 3.8) is 0 Å². The topological polar surface area (TPSA) is 51.2 Å². The molecule has 1 atom stereocenters. The van der Waals surface area contributed by atoms with E-state index in [-0.39, 0.29) is 12.0 Å². The Bertz CT molecular complexity index is 418. The number of hydrogen-bond acceptors (Lipinski definition) is 5. The Labute approximate surface area is 129 Å². The summed E-state index contributed by atoms with van der Waals surface area (Å²) in [6.07, 6.45) is 3.39. The summed E-state index contributed by atoms with van der Waals surface area (Å²) in [6, 6.07) is 3.36. The molecule has 0 saturated carbocycles. The number of carbonyl (C=O) groups is 1. The van der Waals surface area contributed by atoms with E-state index in [1.54, 1.807) is 24.0 Å². The van der Waals surface area contributed by atoms with Gasteiger partial charge >= 0.3 is 5.97 Å². The average Bonchev–Trinajstić information content (AvgIpc) is 2.44. The van der Waals surface area contributed by atoms with Gasteiger partial charge in [-0.2, -0.15) is 0 Å². The lowest BCUT2D eigenvalue weighted by Crippen LogP contribution is -2.39. The van der Waals surface area contributed by atoms with Gasteiger partial charge in [0.15, 0.2) is 0 Å². The van der Waals surface area contributed by atoms with Gasteiger partial charge < -0.3 is 10.1 Å². The molecule has 112 valence electrons. The van der Waals surface area contributed by atoms with Gasteiger partial charge in [0.2, 0.25) is 0 Å². The molecule has 0 aliphatic heterocycles. The van der Waals surface area contributed by atoms with E-state index in [9.17, 15) is 4.79 Å². The van der Waals surface area contributed by atoms with E-state index in [1.807, 2.05) is 13.0 Å². The molecule has 0 aliphatic carbocycles. The van der Waals surface area contributed by atoms with Crippen molar-refractivity contribution in [3.8, 4) is 0 Å². The monoisotopic (exact) mass is 316 g/mol. The predicted octanol–water partition coefficient (Wildman–Crippen LogP) is 3.15. The van der Waals surface area contributed by atoms with E-state index in [2.05, 4.69) is 17.2 Å². The van der Waals surface area contributed by atoms with E-state index < -0.39 is 0 Å². The Kier molecular flexibility index (Phi) is 8.65. The van der Waals surface area contributed by atoms with Crippen molar-refractivity contribution >= 4 is 29.3 Å². The number of halogens is 1. The first-order valence-corrected chi connectivity index (χ1v) is 8.18. The third kappa shape index (κ3) is 6.11. The number of pyridine rings is 1. The van der Waals surface area contributed by atoms with Crippen LogP contribution in [0.1, 0.15) is 26.7 Å². The van der Waals surface area contributed by atoms with Crippen LogP contribution in [-0.4, -0.2) is 35.9 Å². The van der Waals surface area contributed by atoms with Crippen LogP contribution < -0.4 is 5.32 Å². The molecule has 1 rings (SSSR count). The fourth-order valence-electron chi connectivity index (χ4n) is 1.62. The maximum absolute atomic E-state index is 11.8. The maximum atomic E-state index is 11.8. The van der Waals surface area contributed by atoms with Crippen LogP contribution in [0.4, 0.5) is 0 Å². The number of thioether (sulfide) groups is 1. The number of nitrogens with zero attached hydrogens (tertiary/aromatic N) is 1. The lowest BCUT2D eigenvalue weighted by Gasteiger charge is -2.16. The summed E-state index contributed by atoms with van der Waals surface area (Å²) in [4.78, 5) is 16.0. The molecule has 20 heavy (non-hydrogen) atoms. The van der Waals surface area contributed by atoms with Gasteiger partial charge in [-0.1, -0.05) is 18.5 Å². The van der Waals surface area contributed by atoms with E-state index in [0.29, 0.717) is 18.1 Å². The molecule has 0 fully saturated rings. The Morgan fingerprint density at radius 2 is 2.35 bits per heavy atom. The summed E-state index contributed by atoms with van der Waals surface area (Å²) >= 11 is 7.60. The number of aromatic nitrogens is 1. The summed E-state index contributed by atoms with van der Waals surface area (Å²) < 4.78 is 5.08. The first kappa shape index (κ1) is 17.3. The van der Waals surface area contributed by atoms with Crippen molar-refractivity contribution in [3.05, 3.63) is 23.4 Å². The number of carbonyl (C=O) groups excluding carboxylic acids is 1. The fraction of sp³-hybridized carbons (Fsp3) is 0.571. The van der Waals surface area contributed by atoms with Crippen molar-refractivity contribution in [2.45, 2.75) is 37.8 Å². The zero-order chi connectivity index (χ0) is 14.8. The molecule has 1 heterocycles. The van der Waals surface area contributed by atoms with Gasteiger partial charge in [0.25, 0.3) is 0 Å². The molecular formula is C14H21ClN2O2S. The summed E-state index contributed by atoms with van der Waals surface area (Å²) in [5.74, 6) is 0.574. The second-order valence-electron chi connectivity index (χ2n) is 4.19. The minimum atomic E-state index is -0.259. The van der Waals surface area contributed by atoms with Gasteiger partial charge in [-0.3, -0.25) is 4.79 Å². The Balaban J connectivity index is 2.45.